The van der Waals surface area contributed by atoms with Crippen LogP contribution in [0.3, 0.4) is 0 Å². The van der Waals surface area contributed by atoms with E-state index in [4.69, 9.17) is 17.3 Å². The zero-order valence-electron chi connectivity index (χ0n) is 12.3. The first-order chi connectivity index (χ1) is 9.41. The van der Waals surface area contributed by atoms with E-state index in [-0.39, 0.29) is 11.3 Å². The van der Waals surface area contributed by atoms with Crippen LogP contribution in [0.15, 0.2) is 18.2 Å². The van der Waals surface area contributed by atoms with Gasteiger partial charge in [0.05, 0.1) is 0 Å². The maximum absolute atomic E-state index is 12.2. The second kappa shape index (κ2) is 6.15. The van der Waals surface area contributed by atoms with Crippen LogP contribution >= 0.6 is 11.6 Å². The van der Waals surface area contributed by atoms with Crippen LogP contribution in [0, 0.1) is 5.41 Å². The van der Waals surface area contributed by atoms with Crippen LogP contribution in [0.25, 0.3) is 0 Å². The first-order valence-electron chi connectivity index (χ1n) is 7.16. The highest BCUT2D eigenvalue weighted by Crippen LogP contribution is 2.31. The molecule has 4 heteroatoms. The fraction of sp³-hybridized carbons (Fsp3) is 0.562. The van der Waals surface area contributed by atoms with Gasteiger partial charge in [0, 0.05) is 31.1 Å². The van der Waals surface area contributed by atoms with E-state index in [9.17, 15) is 4.79 Å². The van der Waals surface area contributed by atoms with Crippen molar-refractivity contribution in [2.24, 2.45) is 11.1 Å². The molecule has 0 radical (unpaired) electrons. The molecule has 1 amide bonds. The van der Waals surface area contributed by atoms with E-state index in [2.05, 4.69) is 13.8 Å². The van der Waals surface area contributed by atoms with Gasteiger partial charge in [-0.05, 0) is 35.4 Å². The Morgan fingerprint density at radius 1 is 1.35 bits per heavy atom. The molecule has 1 saturated heterocycles. The minimum absolute atomic E-state index is 0.231. The fourth-order valence-electron chi connectivity index (χ4n) is 2.51. The number of nitrogens with zero attached hydrogens (tertiary/aromatic N) is 1. The van der Waals surface area contributed by atoms with Gasteiger partial charge < -0.3 is 10.6 Å². The molecular weight excluding hydrogens is 272 g/mol. The van der Waals surface area contributed by atoms with Crippen molar-refractivity contribution in [2.75, 3.05) is 6.54 Å². The van der Waals surface area contributed by atoms with Gasteiger partial charge in [-0.3, -0.25) is 4.79 Å². The van der Waals surface area contributed by atoms with E-state index in [1.54, 1.807) is 0 Å². The third kappa shape index (κ3) is 3.74. The van der Waals surface area contributed by atoms with E-state index in [0.29, 0.717) is 24.5 Å². The van der Waals surface area contributed by atoms with Gasteiger partial charge in [-0.2, -0.15) is 0 Å². The van der Waals surface area contributed by atoms with E-state index >= 15 is 0 Å². The molecule has 0 atom stereocenters. The largest absolute Gasteiger partial charge is 0.338 e. The Morgan fingerprint density at radius 2 is 2.10 bits per heavy atom. The molecule has 0 bridgehead atoms. The normalized spacial score (nSPS) is 19.0. The number of benzene rings is 1. The summed E-state index contributed by atoms with van der Waals surface area (Å²) in [6, 6.07) is 5.85. The van der Waals surface area contributed by atoms with E-state index in [0.717, 1.165) is 30.5 Å². The summed E-state index contributed by atoms with van der Waals surface area (Å²) in [6.07, 6.45) is 2.63. The van der Waals surface area contributed by atoms with Crippen molar-refractivity contribution in [3.63, 3.8) is 0 Å². The smallest absolute Gasteiger partial charge is 0.222 e. The van der Waals surface area contributed by atoms with Crippen molar-refractivity contribution in [1.82, 2.24) is 4.90 Å². The van der Waals surface area contributed by atoms with Gasteiger partial charge >= 0.3 is 0 Å². The van der Waals surface area contributed by atoms with Crippen LogP contribution in [0.5, 0.6) is 0 Å². The molecule has 0 aromatic heterocycles. The Balaban J connectivity index is 2.10. The highest BCUT2D eigenvalue weighted by Gasteiger charge is 2.27. The van der Waals surface area contributed by atoms with Gasteiger partial charge in [-0.15, -0.1) is 0 Å². The van der Waals surface area contributed by atoms with Crippen LogP contribution in [0.1, 0.15) is 44.2 Å². The third-order valence-corrected chi connectivity index (χ3v) is 4.49. The van der Waals surface area contributed by atoms with Crippen molar-refractivity contribution < 1.29 is 4.79 Å². The molecule has 1 aromatic carbocycles. The first kappa shape index (κ1) is 15.3. The summed E-state index contributed by atoms with van der Waals surface area (Å²) < 4.78 is 0. The molecule has 0 spiro atoms. The Hall–Kier alpha value is -1.06. The predicted octanol–water partition coefficient (Wildman–Crippen LogP) is 3.34. The lowest BCUT2D eigenvalue weighted by molar-refractivity contribution is -0.131. The number of hydrogen-bond donors (Lipinski definition) is 1. The zero-order chi connectivity index (χ0) is 14.8. The first-order valence-corrected chi connectivity index (χ1v) is 7.54. The van der Waals surface area contributed by atoms with Gasteiger partial charge in [0.2, 0.25) is 5.91 Å². The molecule has 1 aromatic rings. The summed E-state index contributed by atoms with van der Waals surface area (Å²) in [7, 11) is 0. The number of halogens is 1. The summed E-state index contributed by atoms with van der Waals surface area (Å²) in [5.41, 5.74) is 7.86. The molecule has 1 aliphatic heterocycles. The van der Waals surface area contributed by atoms with Crippen molar-refractivity contribution in [2.45, 2.75) is 46.2 Å². The predicted molar refractivity (Wildman–Crippen MR) is 82.4 cm³/mol. The van der Waals surface area contributed by atoms with E-state index < -0.39 is 0 Å². The third-order valence-electron chi connectivity index (χ3n) is 4.14. The minimum Gasteiger partial charge on any atom is -0.338 e. The minimum atomic E-state index is 0.231. The molecule has 1 heterocycles. The van der Waals surface area contributed by atoms with Gasteiger partial charge in [0.25, 0.3) is 0 Å². The quantitative estimate of drug-likeness (QED) is 0.929. The number of nitrogens with two attached hydrogens (primary N) is 1. The average molecular weight is 295 g/mol. The second-order valence-electron chi connectivity index (χ2n) is 6.36. The molecule has 2 rings (SSSR count). The van der Waals surface area contributed by atoms with Gasteiger partial charge in [-0.1, -0.05) is 37.6 Å². The molecule has 0 aliphatic carbocycles. The number of carbonyl (C=O) groups is 1. The van der Waals surface area contributed by atoms with Crippen LogP contribution in [-0.2, 0) is 17.9 Å². The summed E-state index contributed by atoms with van der Waals surface area (Å²) in [5.74, 6) is 0.231. The van der Waals surface area contributed by atoms with Crippen molar-refractivity contribution in [3.8, 4) is 0 Å². The summed E-state index contributed by atoms with van der Waals surface area (Å²) in [6.45, 7) is 6.34. The molecule has 0 unspecified atom stereocenters. The highest BCUT2D eigenvalue weighted by molar-refractivity contribution is 6.31. The SMILES string of the molecule is CC1(C)CCC(=O)N(Cc2ccc(CN)cc2Cl)CC1. The van der Waals surface area contributed by atoms with E-state index in [1.807, 2.05) is 23.1 Å². The lowest BCUT2D eigenvalue weighted by atomic mass is 9.85. The van der Waals surface area contributed by atoms with Crippen LogP contribution < -0.4 is 5.73 Å². The number of likely N-dealkylation sites (tertiary alicyclic amines) is 1. The number of amides is 1. The maximum atomic E-state index is 12.2. The zero-order valence-corrected chi connectivity index (χ0v) is 13.0. The molecule has 2 N–H and O–H groups in total. The van der Waals surface area contributed by atoms with Gasteiger partial charge in [-0.25, -0.2) is 0 Å². The summed E-state index contributed by atoms with van der Waals surface area (Å²) >= 11 is 6.28. The van der Waals surface area contributed by atoms with Crippen LogP contribution in [0.2, 0.25) is 5.02 Å². The molecular formula is C16H23ClN2O. The number of rotatable bonds is 3. The number of carbonyl (C=O) groups excluding carboxylic acids is 1. The topological polar surface area (TPSA) is 46.3 Å². The Labute approximate surface area is 126 Å². The molecule has 110 valence electrons. The van der Waals surface area contributed by atoms with Gasteiger partial charge in [0.1, 0.15) is 0 Å². The lowest BCUT2D eigenvalue weighted by Gasteiger charge is -2.24. The molecule has 1 aliphatic rings. The van der Waals surface area contributed by atoms with Crippen molar-refractivity contribution in [1.29, 1.82) is 0 Å². The molecule has 3 nitrogen and oxygen atoms in total. The standard InChI is InChI=1S/C16H23ClN2O/c1-16(2)6-5-15(20)19(8-7-16)11-13-4-3-12(10-18)9-14(13)17/h3-4,9H,5-8,10-11,18H2,1-2H3. The highest BCUT2D eigenvalue weighted by atomic mass is 35.5. The Kier molecular flexibility index (Phi) is 4.71. The molecule has 0 saturated carbocycles. The second-order valence-corrected chi connectivity index (χ2v) is 6.77. The van der Waals surface area contributed by atoms with Crippen LogP contribution in [-0.4, -0.2) is 17.4 Å². The molecule has 20 heavy (non-hydrogen) atoms. The lowest BCUT2D eigenvalue weighted by Crippen LogP contribution is -2.30. The monoisotopic (exact) mass is 294 g/mol. The van der Waals surface area contributed by atoms with Gasteiger partial charge in [0.15, 0.2) is 0 Å². The number of hydrogen-bond acceptors (Lipinski definition) is 2. The van der Waals surface area contributed by atoms with E-state index in [1.165, 1.54) is 0 Å². The fourth-order valence-corrected chi connectivity index (χ4v) is 2.77. The van der Waals surface area contributed by atoms with Crippen molar-refractivity contribution in [3.05, 3.63) is 34.3 Å². The summed E-state index contributed by atoms with van der Waals surface area (Å²) in [5, 5.41) is 0.698. The molecule has 1 fully saturated rings. The van der Waals surface area contributed by atoms with Crippen molar-refractivity contribution >= 4 is 17.5 Å². The Bertz CT molecular complexity index is 499. The average Bonchev–Trinajstić information content (AvgIpc) is 2.53. The van der Waals surface area contributed by atoms with Crippen LogP contribution in [0.4, 0.5) is 0 Å². The summed E-state index contributed by atoms with van der Waals surface area (Å²) in [4.78, 5) is 14.1. The Morgan fingerprint density at radius 3 is 2.75 bits per heavy atom. The maximum Gasteiger partial charge on any atom is 0.222 e.